The van der Waals surface area contributed by atoms with Crippen molar-refractivity contribution in [3.63, 3.8) is 0 Å². The Kier molecular flexibility index (Phi) is 3.96. The lowest BCUT2D eigenvalue weighted by Gasteiger charge is -2.31. The number of carbonyl (C=O) groups excluding carboxylic acids is 1. The number of nitrogens with one attached hydrogen (secondary N) is 1. The van der Waals surface area contributed by atoms with E-state index in [0.29, 0.717) is 12.5 Å². The first-order valence-corrected chi connectivity index (χ1v) is 6.46. The third kappa shape index (κ3) is 2.87. The van der Waals surface area contributed by atoms with Gasteiger partial charge in [-0.05, 0) is 12.8 Å². The van der Waals surface area contributed by atoms with Gasteiger partial charge in [0.2, 0.25) is 5.91 Å². The van der Waals surface area contributed by atoms with Gasteiger partial charge in [-0.25, -0.2) is 9.67 Å². The summed E-state index contributed by atoms with van der Waals surface area (Å²) in [6.45, 7) is 9.14. The maximum atomic E-state index is 12.0. The molecule has 1 N–H and O–H groups in total. The quantitative estimate of drug-likeness (QED) is 0.833. The van der Waals surface area contributed by atoms with Gasteiger partial charge < -0.3 is 10.2 Å². The van der Waals surface area contributed by atoms with Gasteiger partial charge in [-0.3, -0.25) is 4.79 Å². The van der Waals surface area contributed by atoms with Crippen molar-refractivity contribution in [2.24, 2.45) is 5.92 Å². The molecule has 1 fully saturated rings. The molecule has 0 radical (unpaired) electrons. The molecule has 100 valence electrons. The Bertz CT molecular complexity index is 414. The number of amides is 1. The molecule has 1 saturated heterocycles. The van der Waals surface area contributed by atoms with Crippen molar-refractivity contribution in [1.82, 2.24) is 25.0 Å². The first kappa shape index (κ1) is 13.0. The van der Waals surface area contributed by atoms with Crippen LogP contribution in [0, 0.1) is 5.92 Å². The molecule has 1 atom stereocenters. The summed E-state index contributed by atoms with van der Waals surface area (Å²) in [5.41, 5.74) is 0. The second kappa shape index (κ2) is 5.48. The minimum absolute atomic E-state index is 0.0970. The molecule has 1 aromatic heterocycles. The molecule has 0 spiro atoms. The number of nitrogens with zero attached hydrogens (tertiary/aromatic N) is 4. The van der Waals surface area contributed by atoms with Crippen LogP contribution in [0.4, 0.5) is 0 Å². The Morgan fingerprint density at radius 2 is 2.33 bits per heavy atom. The van der Waals surface area contributed by atoms with Gasteiger partial charge in [0, 0.05) is 19.6 Å². The maximum Gasteiger partial charge on any atom is 0.239 e. The number of carbonyl (C=O) groups is 1. The van der Waals surface area contributed by atoms with Gasteiger partial charge in [0.25, 0.3) is 0 Å². The topological polar surface area (TPSA) is 63.1 Å². The van der Waals surface area contributed by atoms with Crippen LogP contribution in [-0.4, -0.2) is 44.7 Å². The lowest BCUT2D eigenvalue weighted by molar-refractivity contribution is -0.135. The molecular formula is C12H21N5O. The molecule has 1 aromatic rings. The van der Waals surface area contributed by atoms with E-state index in [9.17, 15) is 4.79 Å². The molecule has 18 heavy (non-hydrogen) atoms. The first-order chi connectivity index (χ1) is 8.58. The second-order valence-corrected chi connectivity index (χ2v) is 5.19. The van der Waals surface area contributed by atoms with Gasteiger partial charge in [0.15, 0.2) is 0 Å². The van der Waals surface area contributed by atoms with Crippen molar-refractivity contribution in [3.8, 4) is 0 Å². The van der Waals surface area contributed by atoms with E-state index in [-0.39, 0.29) is 11.9 Å². The number of aromatic nitrogens is 3. The van der Waals surface area contributed by atoms with E-state index in [1.165, 1.54) is 0 Å². The van der Waals surface area contributed by atoms with Gasteiger partial charge in [-0.2, -0.15) is 5.10 Å². The second-order valence-electron chi connectivity index (χ2n) is 5.19. The molecule has 2 heterocycles. The number of piperazine rings is 1. The fourth-order valence-electron chi connectivity index (χ4n) is 2.12. The summed E-state index contributed by atoms with van der Waals surface area (Å²) in [7, 11) is 0. The van der Waals surface area contributed by atoms with E-state index in [0.717, 1.165) is 25.5 Å². The van der Waals surface area contributed by atoms with Crippen LogP contribution >= 0.6 is 0 Å². The van der Waals surface area contributed by atoms with Crippen LogP contribution in [0.3, 0.4) is 0 Å². The van der Waals surface area contributed by atoms with E-state index in [1.807, 2.05) is 16.5 Å². The lowest BCUT2D eigenvalue weighted by atomic mass is 10.2. The fraction of sp³-hybridized carbons (Fsp3) is 0.750. The van der Waals surface area contributed by atoms with Gasteiger partial charge in [0.05, 0.1) is 12.6 Å². The molecule has 0 aromatic carbocycles. The minimum Gasteiger partial charge on any atom is -0.333 e. The van der Waals surface area contributed by atoms with Crippen LogP contribution in [0.15, 0.2) is 6.33 Å². The average Bonchev–Trinajstić information content (AvgIpc) is 2.72. The molecule has 1 unspecified atom stereocenters. The highest BCUT2D eigenvalue weighted by Gasteiger charge is 2.25. The van der Waals surface area contributed by atoms with E-state index in [4.69, 9.17) is 0 Å². The first-order valence-electron chi connectivity index (χ1n) is 6.46. The highest BCUT2D eigenvalue weighted by Crippen LogP contribution is 2.08. The highest BCUT2D eigenvalue weighted by atomic mass is 16.2. The molecular weight excluding hydrogens is 230 g/mol. The highest BCUT2D eigenvalue weighted by molar-refractivity contribution is 5.82. The fourth-order valence-corrected chi connectivity index (χ4v) is 2.12. The molecule has 0 saturated carbocycles. The van der Waals surface area contributed by atoms with Crippen LogP contribution in [0.25, 0.3) is 0 Å². The Hall–Kier alpha value is -1.43. The van der Waals surface area contributed by atoms with Crippen LogP contribution < -0.4 is 5.32 Å². The van der Waals surface area contributed by atoms with Gasteiger partial charge >= 0.3 is 0 Å². The standard InChI is InChI=1S/C12H21N5O/c1-9(2)6-17-11(14-8-15-17)7-16-5-4-13-10(3)12(16)18/h8-10,13H,4-7H2,1-3H3. The molecule has 0 aliphatic carbocycles. The zero-order valence-electron chi connectivity index (χ0n) is 11.3. The Labute approximate surface area is 107 Å². The molecule has 2 rings (SSSR count). The SMILES string of the molecule is CC(C)Cn1ncnc1CN1CCNC(C)C1=O. The Morgan fingerprint density at radius 3 is 3.06 bits per heavy atom. The number of hydrogen-bond acceptors (Lipinski definition) is 4. The molecule has 0 bridgehead atoms. The van der Waals surface area contributed by atoms with Gasteiger partial charge in [-0.1, -0.05) is 13.8 Å². The summed E-state index contributed by atoms with van der Waals surface area (Å²) in [5.74, 6) is 1.52. The summed E-state index contributed by atoms with van der Waals surface area (Å²) >= 11 is 0. The summed E-state index contributed by atoms with van der Waals surface area (Å²) in [4.78, 5) is 18.1. The zero-order valence-corrected chi connectivity index (χ0v) is 11.3. The molecule has 1 aliphatic rings. The predicted octanol–water partition coefficient (Wildman–Crippen LogP) is 0.254. The van der Waals surface area contributed by atoms with Gasteiger partial charge in [0.1, 0.15) is 12.2 Å². The molecule has 1 amide bonds. The predicted molar refractivity (Wildman–Crippen MR) is 67.7 cm³/mol. The van der Waals surface area contributed by atoms with Crippen LogP contribution in [0.1, 0.15) is 26.6 Å². The van der Waals surface area contributed by atoms with E-state index < -0.39 is 0 Å². The third-order valence-corrected chi connectivity index (χ3v) is 3.08. The Morgan fingerprint density at radius 1 is 1.56 bits per heavy atom. The molecule has 6 nitrogen and oxygen atoms in total. The van der Waals surface area contributed by atoms with Gasteiger partial charge in [-0.15, -0.1) is 0 Å². The number of rotatable bonds is 4. The van der Waals surface area contributed by atoms with Crippen LogP contribution in [0.5, 0.6) is 0 Å². The third-order valence-electron chi connectivity index (χ3n) is 3.08. The van der Waals surface area contributed by atoms with Crippen LogP contribution in [-0.2, 0) is 17.9 Å². The van der Waals surface area contributed by atoms with Crippen molar-refractivity contribution in [2.75, 3.05) is 13.1 Å². The van der Waals surface area contributed by atoms with Crippen molar-refractivity contribution < 1.29 is 4.79 Å². The summed E-state index contributed by atoms with van der Waals surface area (Å²) in [5, 5.41) is 7.37. The minimum atomic E-state index is -0.0970. The monoisotopic (exact) mass is 251 g/mol. The van der Waals surface area contributed by atoms with Crippen molar-refractivity contribution >= 4 is 5.91 Å². The van der Waals surface area contributed by atoms with Crippen molar-refractivity contribution in [2.45, 2.75) is 39.9 Å². The smallest absolute Gasteiger partial charge is 0.239 e. The normalized spacial score (nSPS) is 20.8. The largest absolute Gasteiger partial charge is 0.333 e. The van der Waals surface area contributed by atoms with Crippen molar-refractivity contribution in [3.05, 3.63) is 12.2 Å². The number of hydrogen-bond donors (Lipinski definition) is 1. The summed E-state index contributed by atoms with van der Waals surface area (Å²) in [6.07, 6.45) is 1.56. The van der Waals surface area contributed by atoms with Crippen LogP contribution in [0.2, 0.25) is 0 Å². The lowest BCUT2D eigenvalue weighted by Crippen LogP contribution is -2.53. The maximum absolute atomic E-state index is 12.0. The Balaban J connectivity index is 2.04. The summed E-state index contributed by atoms with van der Waals surface area (Å²) in [6, 6.07) is -0.0970. The average molecular weight is 251 g/mol. The van der Waals surface area contributed by atoms with E-state index >= 15 is 0 Å². The van der Waals surface area contributed by atoms with E-state index in [1.54, 1.807) is 6.33 Å². The zero-order chi connectivity index (χ0) is 13.1. The van der Waals surface area contributed by atoms with Crippen molar-refractivity contribution in [1.29, 1.82) is 0 Å². The molecule has 1 aliphatic heterocycles. The van der Waals surface area contributed by atoms with E-state index in [2.05, 4.69) is 29.2 Å². The molecule has 6 heteroatoms. The summed E-state index contributed by atoms with van der Waals surface area (Å²) < 4.78 is 1.89.